The topological polar surface area (TPSA) is 78.1 Å². The molecule has 0 saturated heterocycles. The van der Waals surface area contributed by atoms with E-state index >= 15 is 0 Å². The lowest BCUT2D eigenvalue weighted by molar-refractivity contribution is 0.0958. The third-order valence-electron chi connectivity index (χ3n) is 5.72. The van der Waals surface area contributed by atoms with Crippen LogP contribution < -0.4 is 10.9 Å². The number of aryl methyl sites for hydroxylation is 1. The van der Waals surface area contributed by atoms with Gasteiger partial charge in [-0.25, -0.2) is 4.39 Å². The molecule has 0 atom stereocenters. The van der Waals surface area contributed by atoms with Gasteiger partial charge in [-0.05, 0) is 53.8 Å². The van der Waals surface area contributed by atoms with E-state index in [9.17, 15) is 14.0 Å². The number of nitrogens with zero attached hydrogens (tertiary/aromatic N) is 2. The number of nitrogens with one attached hydrogen (secondary N) is 2. The Morgan fingerprint density at radius 1 is 1.29 bits per heavy atom. The van der Waals surface area contributed by atoms with Crippen molar-refractivity contribution in [2.24, 2.45) is 0 Å². The number of benzene rings is 1. The number of rotatable bonds is 5. The normalized spacial score (nSPS) is 14.5. The number of carbonyl (C=O) groups is 1. The van der Waals surface area contributed by atoms with E-state index in [4.69, 9.17) is 0 Å². The van der Waals surface area contributed by atoms with Crippen molar-refractivity contribution in [1.82, 2.24) is 20.2 Å². The molecule has 1 aliphatic rings. The predicted molar refractivity (Wildman–Crippen MR) is 119 cm³/mol. The van der Waals surface area contributed by atoms with Crippen molar-refractivity contribution in [3.8, 4) is 0 Å². The van der Waals surface area contributed by atoms with Crippen molar-refractivity contribution < 1.29 is 9.18 Å². The molecule has 6 nitrogen and oxygen atoms in total. The zero-order valence-electron chi connectivity index (χ0n) is 17.7. The SMILES string of the molecule is CCc1cc2c(F)cc(CN3CC=C(c4ccc(C(=O)NC)nc4)CC3)cc2[nH]c1=O. The number of halogens is 1. The lowest BCUT2D eigenvalue weighted by Gasteiger charge is -2.26. The Morgan fingerprint density at radius 2 is 2.13 bits per heavy atom. The van der Waals surface area contributed by atoms with E-state index in [-0.39, 0.29) is 17.3 Å². The summed E-state index contributed by atoms with van der Waals surface area (Å²) in [4.78, 5) is 33.0. The van der Waals surface area contributed by atoms with Crippen molar-refractivity contribution in [2.75, 3.05) is 20.1 Å². The highest BCUT2D eigenvalue weighted by Crippen LogP contribution is 2.24. The molecule has 1 amide bonds. The lowest BCUT2D eigenvalue weighted by atomic mass is 10.00. The number of H-pyrrole nitrogens is 1. The first-order chi connectivity index (χ1) is 15.0. The Morgan fingerprint density at radius 3 is 2.77 bits per heavy atom. The molecule has 3 heterocycles. The van der Waals surface area contributed by atoms with Crippen LogP contribution in [0.4, 0.5) is 4.39 Å². The van der Waals surface area contributed by atoms with Gasteiger partial charge in [-0.2, -0.15) is 0 Å². The lowest BCUT2D eigenvalue weighted by Crippen LogP contribution is -2.28. The molecule has 4 rings (SSSR count). The van der Waals surface area contributed by atoms with Crippen LogP contribution in [0.15, 0.2) is 47.4 Å². The molecule has 0 spiro atoms. The molecular formula is C24H25FN4O2. The summed E-state index contributed by atoms with van der Waals surface area (Å²) in [6.07, 6.45) is 5.28. The number of pyridine rings is 2. The second kappa shape index (κ2) is 8.81. The van der Waals surface area contributed by atoms with Gasteiger partial charge in [0.15, 0.2) is 0 Å². The summed E-state index contributed by atoms with van der Waals surface area (Å²) in [7, 11) is 1.58. The minimum Gasteiger partial charge on any atom is -0.354 e. The summed E-state index contributed by atoms with van der Waals surface area (Å²) in [5, 5.41) is 3.02. The fraction of sp³-hybridized carbons (Fsp3) is 0.292. The van der Waals surface area contributed by atoms with Crippen LogP contribution in [0.1, 0.15) is 40.5 Å². The average molecular weight is 420 g/mol. The Kier molecular flexibility index (Phi) is 5.95. The molecule has 31 heavy (non-hydrogen) atoms. The van der Waals surface area contributed by atoms with Crippen LogP contribution in [0.25, 0.3) is 16.5 Å². The first-order valence-corrected chi connectivity index (χ1v) is 10.4. The van der Waals surface area contributed by atoms with Crippen LogP contribution in [-0.4, -0.2) is 40.9 Å². The van der Waals surface area contributed by atoms with E-state index in [1.165, 1.54) is 5.57 Å². The van der Waals surface area contributed by atoms with Gasteiger partial charge in [-0.3, -0.25) is 19.5 Å². The molecule has 0 radical (unpaired) electrons. The van der Waals surface area contributed by atoms with Gasteiger partial charge in [-0.15, -0.1) is 0 Å². The molecule has 1 aromatic carbocycles. The third-order valence-corrected chi connectivity index (χ3v) is 5.72. The van der Waals surface area contributed by atoms with Crippen molar-refractivity contribution in [2.45, 2.75) is 26.3 Å². The minimum absolute atomic E-state index is 0.159. The van der Waals surface area contributed by atoms with E-state index in [2.05, 4.69) is 26.3 Å². The van der Waals surface area contributed by atoms with E-state index < -0.39 is 0 Å². The minimum atomic E-state index is -0.311. The number of fused-ring (bicyclic) bond motifs is 1. The molecule has 1 aliphatic heterocycles. The number of amides is 1. The smallest absolute Gasteiger partial charge is 0.269 e. The third kappa shape index (κ3) is 4.41. The molecule has 2 N–H and O–H groups in total. The number of aromatic nitrogens is 2. The van der Waals surface area contributed by atoms with Gasteiger partial charge in [0.25, 0.3) is 11.5 Å². The molecule has 7 heteroatoms. The average Bonchev–Trinajstić information content (AvgIpc) is 2.79. The molecule has 0 bridgehead atoms. The Hall–Kier alpha value is -3.32. The first-order valence-electron chi connectivity index (χ1n) is 10.4. The monoisotopic (exact) mass is 420 g/mol. The van der Waals surface area contributed by atoms with Gasteiger partial charge >= 0.3 is 0 Å². The molecule has 0 aliphatic carbocycles. The van der Waals surface area contributed by atoms with Crippen LogP contribution in [0.3, 0.4) is 0 Å². The number of hydrogen-bond donors (Lipinski definition) is 2. The standard InChI is InChI=1S/C24H25FN4O2/c1-3-16-12-19-20(25)10-15(11-22(19)28-23(16)30)14-29-8-6-17(7-9-29)18-4-5-21(27-13-18)24(31)26-2/h4-6,10-13H,3,7-9,14H2,1-2H3,(H,26,31)(H,28,30). The number of aromatic amines is 1. The van der Waals surface area contributed by atoms with Crippen LogP contribution in [0.2, 0.25) is 0 Å². The van der Waals surface area contributed by atoms with Gasteiger partial charge in [0, 0.05) is 43.8 Å². The zero-order chi connectivity index (χ0) is 22.0. The maximum atomic E-state index is 14.7. The van der Waals surface area contributed by atoms with Crippen molar-refractivity contribution in [1.29, 1.82) is 0 Å². The molecule has 0 unspecified atom stereocenters. The van der Waals surface area contributed by atoms with Gasteiger partial charge in [0.05, 0.1) is 5.52 Å². The van der Waals surface area contributed by atoms with E-state index in [1.54, 1.807) is 31.4 Å². The van der Waals surface area contributed by atoms with Crippen molar-refractivity contribution >= 4 is 22.4 Å². The summed E-state index contributed by atoms with van der Waals surface area (Å²) in [6.45, 7) is 4.04. The van der Waals surface area contributed by atoms with E-state index in [0.717, 1.165) is 30.6 Å². The van der Waals surface area contributed by atoms with Gasteiger partial charge in [0.1, 0.15) is 11.5 Å². The predicted octanol–water partition coefficient (Wildman–Crippen LogP) is 3.27. The molecule has 160 valence electrons. The highest BCUT2D eigenvalue weighted by Gasteiger charge is 2.16. The van der Waals surface area contributed by atoms with Gasteiger partial charge in [0.2, 0.25) is 0 Å². The fourth-order valence-corrected chi connectivity index (χ4v) is 3.94. The number of carbonyl (C=O) groups excluding carboxylic acids is 1. The largest absolute Gasteiger partial charge is 0.354 e. The molecule has 0 saturated carbocycles. The van der Waals surface area contributed by atoms with Gasteiger partial charge in [-0.1, -0.05) is 19.1 Å². The van der Waals surface area contributed by atoms with E-state index in [1.807, 2.05) is 19.1 Å². The maximum Gasteiger partial charge on any atom is 0.269 e. The van der Waals surface area contributed by atoms with Crippen molar-refractivity contribution in [3.63, 3.8) is 0 Å². The van der Waals surface area contributed by atoms with Crippen LogP contribution >= 0.6 is 0 Å². The van der Waals surface area contributed by atoms with Crippen LogP contribution in [0.5, 0.6) is 0 Å². The van der Waals surface area contributed by atoms with E-state index in [0.29, 0.717) is 35.1 Å². The molecular weight excluding hydrogens is 395 g/mol. The molecule has 3 aromatic rings. The quantitative estimate of drug-likeness (QED) is 0.664. The summed E-state index contributed by atoms with van der Waals surface area (Å²) >= 11 is 0. The Labute approximate surface area is 179 Å². The highest BCUT2D eigenvalue weighted by atomic mass is 19.1. The summed E-state index contributed by atoms with van der Waals surface area (Å²) in [6, 6.07) is 8.70. The van der Waals surface area contributed by atoms with Crippen LogP contribution in [-0.2, 0) is 13.0 Å². The second-order valence-electron chi connectivity index (χ2n) is 7.74. The van der Waals surface area contributed by atoms with Crippen LogP contribution in [0, 0.1) is 5.82 Å². The summed E-state index contributed by atoms with van der Waals surface area (Å²) in [5.41, 5.74) is 4.39. The Balaban J connectivity index is 1.48. The second-order valence-corrected chi connectivity index (χ2v) is 7.74. The molecule has 0 fully saturated rings. The highest BCUT2D eigenvalue weighted by molar-refractivity contribution is 5.92. The fourth-order valence-electron chi connectivity index (χ4n) is 3.94. The summed E-state index contributed by atoms with van der Waals surface area (Å²) < 4.78 is 14.7. The first kappa shape index (κ1) is 20.9. The zero-order valence-corrected chi connectivity index (χ0v) is 17.7. The molecule has 2 aromatic heterocycles. The van der Waals surface area contributed by atoms with Crippen molar-refractivity contribution in [3.05, 3.63) is 81.2 Å². The summed E-state index contributed by atoms with van der Waals surface area (Å²) in [5.74, 6) is -0.515. The Bertz CT molecular complexity index is 1210. The maximum absolute atomic E-state index is 14.7. The van der Waals surface area contributed by atoms with Gasteiger partial charge < -0.3 is 10.3 Å². The number of hydrogen-bond acceptors (Lipinski definition) is 4.